The number of anilines is 3. The van der Waals surface area contributed by atoms with Crippen molar-refractivity contribution in [2.45, 2.75) is 20.3 Å². The standard InChI is InChI=1S/C19H19F2N3O3/c1-12(25)22-14-4-3-5-15(10-14)23-19(27)8-9-24(13(2)26)16-6-7-17(20)18(21)11-16/h3-7,10-11H,8-9H2,1-2H3,(H,22,25)(H,23,27). The summed E-state index contributed by atoms with van der Waals surface area (Å²) < 4.78 is 26.5. The first-order valence-electron chi connectivity index (χ1n) is 8.17. The third kappa shape index (κ3) is 5.88. The van der Waals surface area contributed by atoms with Crippen LogP contribution in [0.25, 0.3) is 0 Å². The summed E-state index contributed by atoms with van der Waals surface area (Å²) in [4.78, 5) is 36.2. The van der Waals surface area contributed by atoms with E-state index < -0.39 is 17.5 Å². The topological polar surface area (TPSA) is 78.5 Å². The summed E-state index contributed by atoms with van der Waals surface area (Å²) in [5, 5.41) is 5.27. The summed E-state index contributed by atoms with van der Waals surface area (Å²) in [5.41, 5.74) is 1.18. The Morgan fingerprint density at radius 1 is 0.926 bits per heavy atom. The molecule has 0 spiro atoms. The third-order valence-electron chi connectivity index (χ3n) is 3.62. The van der Waals surface area contributed by atoms with E-state index in [0.717, 1.165) is 12.1 Å². The lowest BCUT2D eigenvalue weighted by atomic mass is 10.2. The second kappa shape index (κ2) is 8.88. The van der Waals surface area contributed by atoms with Crippen molar-refractivity contribution < 1.29 is 23.2 Å². The normalized spacial score (nSPS) is 10.2. The van der Waals surface area contributed by atoms with Gasteiger partial charge in [-0.05, 0) is 30.3 Å². The SMILES string of the molecule is CC(=O)Nc1cccc(NC(=O)CCN(C(C)=O)c2ccc(F)c(F)c2)c1. The van der Waals surface area contributed by atoms with Crippen LogP contribution in [-0.4, -0.2) is 24.3 Å². The Morgan fingerprint density at radius 3 is 2.19 bits per heavy atom. The highest BCUT2D eigenvalue weighted by molar-refractivity contribution is 5.95. The molecule has 2 rings (SSSR count). The van der Waals surface area contributed by atoms with E-state index in [1.807, 2.05) is 0 Å². The fraction of sp³-hybridized carbons (Fsp3) is 0.211. The Kier molecular flexibility index (Phi) is 6.59. The number of nitrogens with zero attached hydrogens (tertiary/aromatic N) is 1. The van der Waals surface area contributed by atoms with Gasteiger partial charge in [0.25, 0.3) is 0 Å². The molecule has 0 unspecified atom stereocenters. The first-order chi connectivity index (χ1) is 12.8. The first kappa shape index (κ1) is 20.0. The molecule has 0 aliphatic rings. The average Bonchev–Trinajstić information content (AvgIpc) is 2.57. The Hall–Kier alpha value is -3.29. The van der Waals surface area contributed by atoms with Crippen LogP contribution in [0.3, 0.4) is 0 Å². The van der Waals surface area contributed by atoms with Crippen LogP contribution < -0.4 is 15.5 Å². The maximum absolute atomic E-state index is 13.4. The largest absolute Gasteiger partial charge is 0.326 e. The lowest BCUT2D eigenvalue weighted by Crippen LogP contribution is -2.32. The molecular formula is C19H19F2N3O3. The average molecular weight is 375 g/mol. The van der Waals surface area contributed by atoms with Gasteiger partial charge in [-0.15, -0.1) is 0 Å². The lowest BCUT2D eigenvalue weighted by molar-refractivity contribution is -0.117. The minimum absolute atomic E-state index is 0.00236. The maximum Gasteiger partial charge on any atom is 0.226 e. The molecule has 0 radical (unpaired) electrons. The van der Waals surface area contributed by atoms with Crippen LogP contribution in [0.2, 0.25) is 0 Å². The molecule has 2 aromatic carbocycles. The van der Waals surface area contributed by atoms with Crippen LogP contribution in [0.4, 0.5) is 25.8 Å². The van der Waals surface area contributed by atoms with Crippen LogP contribution in [-0.2, 0) is 14.4 Å². The Bertz CT molecular complexity index is 871. The number of amides is 3. The van der Waals surface area contributed by atoms with Crippen molar-refractivity contribution in [2.24, 2.45) is 0 Å². The molecule has 0 atom stereocenters. The van der Waals surface area contributed by atoms with Gasteiger partial charge in [-0.3, -0.25) is 14.4 Å². The molecule has 0 bridgehead atoms. The molecule has 2 aromatic rings. The van der Waals surface area contributed by atoms with Gasteiger partial charge in [0.2, 0.25) is 17.7 Å². The molecule has 0 aliphatic heterocycles. The number of benzene rings is 2. The predicted octanol–water partition coefficient (Wildman–Crippen LogP) is 3.30. The fourth-order valence-corrected chi connectivity index (χ4v) is 2.44. The maximum atomic E-state index is 13.4. The molecule has 0 fully saturated rings. The van der Waals surface area contributed by atoms with Gasteiger partial charge in [0.15, 0.2) is 11.6 Å². The summed E-state index contributed by atoms with van der Waals surface area (Å²) >= 11 is 0. The number of carbonyl (C=O) groups excluding carboxylic acids is 3. The van der Waals surface area contributed by atoms with Gasteiger partial charge in [-0.2, -0.15) is 0 Å². The number of halogens is 2. The fourth-order valence-electron chi connectivity index (χ4n) is 2.44. The van der Waals surface area contributed by atoms with Crippen molar-refractivity contribution in [1.29, 1.82) is 0 Å². The Morgan fingerprint density at radius 2 is 1.59 bits per heavy atom. The van der Waals surface area contributed by atoms with Crippen LogP contribution in [0, 0.1) is 11.6 Å². The molecule has 6 nitrogen and oxygen atoms in total. The van der Waals surface area contributed by atoms with Crippen molar-refractivity contribution in [2.75, 3.05) is 22.1 Å². The molecular weight excluding hydrogens is 356 g/mol. The molecule has 8 heteroatoms. The van der Waals surface area contributed by atoms with E-state index in [0.29, 0.717) is 11.4 Å². The van der Waals surface area contributed by atoms with Gasteiger partial charge in [-0.1, -0.05) is 6.07 Å². The third-order valence-corrected chi connectivity index (χ3v) is 3.62. The van der Waals surface area contributed by atoms with Crippen molar-refractivity contribution in [1.82, 2.24) is 0 Å². The number of hydrogen-bond acceptors (Lipinski definition) is 3. The van der Waals surface area contributed by atoms with E-state index in [2.05, 4.69) is 10.6 Å². The number of hydrogen-bond donors (Lipinski definition) is 2. The molecule has 27 heavy (non-hydrogen) atoms. The van der Waals surface area contributed by atoms with E-state index in [4.69, 9.17) is 0 Å². The second-order valence-electron chi connectivity index (χ2n) is 5.83. The smallest absolute Gasteiger partial charge is 0.226 e. The zero-order chi connectivity index (χ0) is 20.0. The number of nitrogens with one attached hydrogen (secondary N) is 2. The lowest BCUT2D eigenvalue weighted by Gasteiger charge is -2.21. The van der Waals surface area contributed by atoms with Crippen molar-refractivity contribution in [3.05, 3.63) is 54.1 Å². The zero-order valence-electron chi connectivity index (χ0n) is 14.9. The van der Waals surface area contributed by atoms with Gasteiger partial charge in [-0.25, -0.2) is 8.78 Å². The van der Waals surface area contributed by atoms with Crippen LogP contribution in [0.15, 0.2) is 42.5 Å². The Balaban J connectivity index is 2.01. The molecule has 0 saturated carbocycles. The summed E-state index contributed by atoms with van der Waals surface area (Å²) in [7, 11) is 0. The van der Waals surface area contributed by atoms with Crippen LogP contribution >= 0.6 is 0 Å². The molecule has 0 aromatic heterocycles. The van der Waals surface area contributed by atoms with Gasteiger partial charge in [0, 0.05) is 49.9 Å². The van der Waals surface area contributed by atoms with Gasteiger partial charge >= 0.3 is 0 Å². The number of carbonyl (C=O) groups is 3. The highest BCUT2D eigenvalue weighted by atomic mass is 19.2. The quantitative estimate of drug-likeness (QED) is 0.813. The van der Waals surface area contributed by atoms with Crippen LogP contribution in [0.5, 0.6) is 0 Å². The van der Waals surface area contributed by atoms with E-state index in [1.54, 1.807) is 24.3 Å². The second-order valence-corrected chi connectivity index (χ2v) is 5.83. The summed E-state index contributed by atoms with van der Waals surface area (Å²) in [6.45, 7) is 2.65. The molecule has 3 amide bonds. The highest BCUT2D eigenvalue weighted by Gasteiger charge is 2.15. The minimum Gasteiger partial charge on any atom is -0.326 e. The first-order valence-corrected chi connectivity index (χ1v) is 8.17. The molecule has 2 N–H and O–H groups in total. The van der Waals surface area contributed by atoms with Crippen molar-refractivity contribution >= 4 is 34.8 Å². The summed E-state index contributed by atoms with van der Waals surface area (Å²) in [5.74, 6) is -3.09. The van der Waals surface area contributed by atoms with E-state index in [1.165, 1.54) is 24.8 Å². The molecule has 0 heterocycles. The van der Waals surface area contributed by atoms with Gasteiger partial charge < -0.3 is 15.5 Å². The monoisotopic (exact) mass is 375 g/mol. The Labute approximate surface area is 155 Å². The number of rotatable bonds is 6. The van der Waals surface area contributed by atoms with Crippen molar-refractivity contribution in [3.8, 4) is 0 Å². The summed E-state index contributed by atoms with van der Waals surface area (Å²) in [6.07, 6.45) is -0.0526. The van der Waals surface area contributed by atoms with Crippen molar-refractivity contribution in [3.63, 3.8) is 0 Å². The zero-order valence-corrected chi connectivity index (χ0v) is 14.9. The summed E-state index contributed by atoms with van der Waals surface area (Å²) in [6, 6.07) is 9.70. The minimum atomic E-state index is -1.07. The van der Waals surface area contributed by atoms with Gasteiger partial charge in [0.1, 0.15) is 0 Å². The molecule has 0 aliphatic carbocycles. The molecule has 0 saturated heterocycles. The van der Waals surface area contributed by atoms with Gasteiger partial charge in [0.05, 0.1) is 0 Å². The highest BCUT2D eigenvalue weighted by Crippen LogP contribution is 2.19. The van der Waals surface area contributed by atoms with Crippen LogP contribution in [0.1, 0.15) is 20.3 Å². The predicted molar refractivity (Wildman–Crippen MR) is 98.4 cm³/mol. The molecule has 142 valence electrons. The van der Waals surface area contributed by atoms with E-state index in [9.17, 15) is 23.2 Å². The van der Waals surface area contributed by atoms with E-state index >= 15 is 0 Å². The van der Waals surface area contributed by atoms with E-state index in [-0.39, 0.29) is 30.5 Å².